The first-order valence-corrected chi connectivity index (χ1v) is 5.81. The van der Waals surface area contributed by atoms with E-state index < -0.39 is 35.1 Å². The van der Waals surface area contributed by atoms with Crippen LogP contribution in [0.1, 0.15) is 10.4 Å². The second-order valence-corrected chi connectivity index (χ2v) is 4.45. The van der Waals surface area contributed by atoms with Gasteiger partial charge in [0.05, 0.1) is 19.3 Å². The molecule has 1 aliphatic heterocycles. The highest BCUT2D eigenvalue weighted by molar-refractivity contribution is 5.94. The normalized spacial score (nSPS) is 21.6. The largest absolute Gasteiger partial charge is 0.481 e. The number of rotatable bonds is 3. The van der Waals surface area contributed by atoms with Crippen LogP contribution in [0.25, 0.3) is 0 Å². The van der Waals surface area contributed by atoms with E-state index in [0.717, 1.165) is 11.1 Å². The predicted molar refractivity (Wildman–Crippen MR) is 65.5 cm³/mol. The molecule has 1 amide bonds. The minimum atomic E-state index is -1.07. The third-order valence-corrected chi connectivity index (χ3v) is 3.24. The van der Waals surface area contributed by atoms with Crippen molar-refractivity contribution in [3.63, 3.8) is 0 Å². The zero-order valence-electron chi connectivity index (χ0n) is 10.6. The number of amides is 1. The number of aliphatic carboxylic acids is 1. The molecule has 1 aliphatic rings. The second kappa shape index (κ2) is 5.29. The van der Waals surface area contributed by atoms with Crippen molar-refractivity contribution in [1.29, 1.82) is 0 Å². The molecule has 0 radical (unpaired) electrons. The molecule has 20 heavy (non-hydrogen) atoms. The Labute approximate surface area is 112 Å². The molecule has 0 spiro atoms. The lowest BCUT2D eigenvalue weighted by molar-refractivity contribution is -0.142. The standard InChI is InChI=1S/C11H13N3O6/c1-14(7-4-20-3-6(7)10(17)18)9(16)5-2-12-11(19)13-8(5)15/h2,6-7H,3-4H2,1H3,(H,17,18)(H2,12,13,15,19). The predicted octanol–water partition coefficient (Wildman–Crippen LogP) is -1.77. The van der Waals surface area contributed by atoms with Crippen LogP contribution in [0.15, 0.2) is 15.8 Å². The second-order valence-electron chi connectivity index (χ2n) is 4.45. The Hall–Kier alpha value is -2.42. The number of hydrogen-bond acceptors (Lipinski definition) is 5. The van der Waals surface area contributed by atoms with Crippen LogP contribution in [0.2, 0.25) is 0 Å². The van der Waals surface area contributed by atoms with E-state index in [1.807, 2.05) is 4.98 Å². The van der Waals surface area contributed by atoms with Gasteiger partial charge in [0.2, 0.25) is 0 Å². The third-order valence-electron chi connectivity index (χ3n) is 3.24. The van der Waals surface area contributed by atoms with Gasteiger partial charge in [0.15, 0.2) is 0 Å². The molecule has 2 atom stereocenters. The Bertz CT molecular complexity index is 648. The summed E-state index contributed by atoms with van der Waals surface area (Å²) in [6.45, 7) is 0.0973. The van der Waals surface area contributed by atoms with Crippen molar-refractivity contribution >= 4 is 11.9 Å². The van der Waals surface area contributed by atoms with Gasteiger partial charge in [-0.15, -0.1) is 0 Å². The number of carboxylic acids is 1. The van der Waals surface area contributed by atoms with Crippen LogP contribution in [0.4, 0.5) is 0 Å². The summed E-state index contributed by atoms with van der Waals surface area (Å²) in [5.74, 6) is -2.59. The van der Waals surface area contributed by atoms with Crippen molar-refractivity contribution in [1.82, 2.24) is 14.9 Å². The fourth-order valence-corrected chi connectivity index (χ4v) is 2.07. The fraction of sp³-hybridized carbons (Fsp3) is 0.455. The van der Waals surface area contributed by atoms with E-state index >= 15 is 0 Å². The molecule has 1 fully saturated rings. The summed E-state index contributed by atoms with van der Waals surface area (Å²) in [5.41, 5.74) is -1.80. The maximum Gasteiger partial charge on any atom is 0.325 e. The van der Waals surface area contributed by atoms with Gasteiger partial charge in [-0.2, -0.15) is 0 Å². The number of H-pyrrole nitrogens is 2. The molecule has 0 aliphatic carbocycles. The summed E-state index contributed by atoms with van der Waals surface area (Å²) in [7, 11) is 1.39. The zero-order chi connectivity index (χ0) is 14.9. The number of likely N-dealkylation sites (N-methyl/N-ethyl adjacent to an activating group) is 1. The van der Waals surface area contributed by atoms with Crippen LogP contribution < -0.4 is 11.2 Å². The van der Waals surface area contributed by atoms with Crippen LogP contribution in [0.3, 0.4) is 0 Å². The molecule has 3 N–H and O–H groups in total. The molecule has 1 saturated heterocycles. The molecule has 0 saturated carbocycles. The lowest BCUT2D eigenvalue weighted by atomic mass is 10.0. The highest BCUT2D eigenvalue weighted by atomic mass is 16.5. The number of carbonyl (C=O) groups excluding carboxylic acids is 1. The Morgan fingerprint density at radius 2 is 2.10 bits per heavy atom. The minimum Gasteiger partial charge on any atom is -0.481 e. The number of hydrogen-bond donors (Lipinski definition) is 3. The summed E-state index contributed by atoms with van der Waals surface area (Å²) in [4.78, 5) is 50.9. The molecule has 1 aromatic heterocycles. The Morgan fingerprint density at radius 1 is 1.40 bits per heavy atom. The van der Waals surface area contributed by atoms with Gasteiger partial charge in [-0.05, 0) is 0 Å². The van der Waals surface area contributed by atoms with Crippen LogP contribution in [0, 0.1) is 5.92 Å². The van der Waals surface area contributed by atoms with Gasteiger partial charge in [-0.25, -0.2) is 4.79 Å². The van der Waals surface area contributed by atoms with Crippen molar-refractivity contribution in [2.75, 3.05) is 20.3 Å². The van der Waals surface area contributed by atoms with E-state index in [2.05, 4.69) is 4.98 Å². The Morgan fingerprint density at radius 3 is 2.70 bits per heavy atom. The number of ether oxygens (including phenoxy) is 1. The first-order chi connectivity index (χ1) is 9.41. The van der Waals surface area contributed by atoms with Gasteiger partial charge in [-0.3, -0.25) is 19.4 Å². The van der Waals surface area contributed by atoms with Gasteiger partial charge in [0, 0.05) is 13.2 Å². The minimum absolute atomic E-state index is 0.0135. The van der Waals surface area contributed by atoms with Crippen molar-refractivity contribution < 1.29 is 19.4 Å². The van der Waals surface area contributed by atoms with Crippen molar-refractivity contribution in [2.45, 2.75) is 6.04 Å². The average molecular weight is 283 g/mol. The van der Waals surface area contributed by atoms with Crippen molar-refractivity contribution in [3.8, 4) is 0 Å². The number of aromatic nitrogens is 2. The molecule has 108 valence electrons. The van der Waals surface area contributed by atoms with E-state index in [-0.39, 0.29) is 18.8 Å². The highest BCUT2D eigenvalue weighted by Crippen LogP contribution is 2.19. The van der Waals surface area contributed by atoms with Crippen molar-refractivity contribution in [2.24, 2.45) is 5.92 Å². The fourth-order valence-electron chi connectivity index (χ4n) is 2.07. The average Bonchev–Trinajstić information content (AvgIpc) is 2.86. The van der Waals surface area contributed by atoms with Gasteiger partial charge >= 0.3 is 11.7 Å². The summed E-state index contributed by atoms with van der Waals surface area (Å²) in [5, 5.41) is 9.04. The van der Waals surface area contributed by atoms with Gasteiger partial charge in [0.1, 0.15) is 11.5 Å². The van der Waals surface area contributed by atoms with Gasteiger partial charge < -0.3 is 19.7 Å². The number of carbonyl (C=O) groups is 2. The summed E-state index contributed by atoms with van der Waals surface area (Å²) < 4.78 is 5.07. The molecule has 9 heteroatoms. The monoisotopic (exact) mass is 283 g/mol. The number of carboxylic acid groups (broad SMARTS) is 1. The lowest BCUT2D eigenvalue weighted by Gasteiger charge is -2.25. The van der Waals surface area contributed by atoms with E-state index in [1.165, 1.54) is 7.05 Å². The molecular weight excluding hydrogens is 270 g/mol. The van der Waals surface area contributed by atoms with Crippen LogP contribution in [-0.4, -0.2) is 58.2 Å². The maximum absolute atomic E-state index is 12.2. The Balaban J connectivity index is 2.26. The van der Waals surface area contributed by atoms with E-state index in [0.29, 0.717) is 0 Å². The van der Waals surface area contributed by atoms with Gasteiger partial charge in [-0.1, -0.05) is 0 Å². The molecule has 2 unspecified atom stereocenters. The van der Waals surface area contributed by atoms with E-state index in [1.54, 1.807) is 0 Å². The lowest BCUT2D eigenvalue weighted by Crippen LogP contribution is -2.46. The molecule has 0 aromatic carbocycles. The summed E-state index contributed by atoms with van der Waals surface area (Å²) in [6.07, 6.45) is 1.01. The van der Waals surface area contributed by atoms with Crippen molar-refractivity contribution in [3.05, 3.63) is 32.6 Å². The maximum atomic E-state index is 12.2. The van der Waals surface area contributed by atoms with Crippen LogP contribution >= 0.6 is 0 Å². The van der Waals surface area contributed by atoms with E-state index in [4.69, 9.17) is 9.84 Å². The van der Waals surface area contributed by atoms with Crippen LogP contribution in [-0.2, 0) is 9.53 Å². The summed E-state index contributed by atoms with van der Waals surface area (Å²) >= 11 is 0. The quantitative estimate of drug-likeness (QED) is 0.601. The third kappa shape index (κ3) is 2.48. The molecule has 9 nitrogen and oxygen atoms in total. The molecular formula is C11H13N3O6. The molecule has 2 rings (SSSR count). The van der Waals surface area contributed by atoms with Crippen LogP contribution in [0.5, 0.6) is 0 Å². The molecule has 1 aromatic rings. The highest BCUT2D eigenvalue weighted by Gasteiger charge is 2.39. The molecule has 0 bridgehead atoms. The zero-order valence-corrected chi connectivity index (χ0v) is 10.6. The first-order valence-electron chi connectivity index (χ1n) is 5.81. The van der Waals surface area contributed by atoms with E-state index in [9.17, 15) is 19.2 Å². The Kier molecular flexibility index (Phi) is 3.70. The van der Waals surface area contributed by atoms with Gasteiger partial charge in [0.25, 0.3) is 11.5 Å². The smallest absolute Gasteiger partial charge is 0.325 e. The summed E-state index contributed by atoms with van der Waals surface area (Å²) in [6, 6.07) is -0.661. The number of aromatic amines is 2. The SMILES string of the molecule is CN(C(=O)c1c[nH]c(=O)[nH]c1=O)C1COCC1C(=O)O. The number of nitrogens with one attached hydrogen (secondary N) is 2. The first kappa shape index (κ1) is 14.0. The molecule has 2 heterocycles. The number of nitrogens with zero attached hydrogens (tertiary/aromatic N) is 1. The topological polar surface area (TPSA) is 133 Å².